The van der Waals surface area contributed by atoms with Crippen molar-refractivity contribution in [3.8, 4) is 0 Å². The summed E-state index contributed by atoms with van der Waals surface area (Å²) in [6, 6.07) is 4.54. The van der Waals surface area contributed by atoms with Crippen molar-refractivity contribution in [3.63, 3.8) is 0 Å². The number of amides is 1. The van der Waals surface area contributed by atoms with Crippen LogP contribution in [-0.2, 0) is 0 Å². The van der Waals surface area contributed by atoms with E-state index in [0.29, 0.717) is 24.6 Å². The third-order valence-corrected chi connectivity index (χ3v) is 4.82. The molecule has 0 aromatic heterocycles. The third kappa shape index (κ3) is 3.29. The molecule has 0 radical (unpaired) electrons. The maximum absolute atomic E-state index is 13.4. The number of hydrogen-bond donors (Lipinski definition) is 0. The van der Waals surface area contributed by atoms with Gasteiger partial charge in [0.1, 0.15) is 5.82 Å². The third-order valence-electron chi connectivity index (χ3n) is 3.66. The second-order valence-corrected chi connectivity index (χ2v) is 6.39. The van der Waals surface area contributed by atoms with E-state index >= 15 is 0 Å². The first-order chi connectivity index (χ1) is 9.00. The van der Waals surface area contributed by atoms with Crippen LogP contribution in [0.2, 0.25) is 0 Å². The van der Waals surface area contributed by atoms with E-state index in [1.807, 2.05) is 6.92 Å². The Bertz CT molecular complexity index is 473. The van der Waals surface area contributed by atoms with Gasteiger partial charge < -0.3 is 4.90 Å². The van der Waals surface area contributed by atoms with Crippen molar-refractivity contribution < 1.29 is 9.18 Å². The first-order valence-corrected chi connectivity index (χ1v) is 7.61. The average molecular weight is 349 g/mol. The highest BCUT2D eigenvalue weighted by molar-refractivity contribution is 9.10. The van der Waals surface area contributed by atoms with Crippen LogP contribution in [0.25, 0.3) is 0 Å². The molecule has 1 saturated heterocycles. The largest absolute Gasteiger partial charge is 0.339 e. The summed E-state index contributed by atoms with van der Waals surface area (Å²) in [6.45, 7) is 3.36. The molecule has 1 atom stereocenters. The minimum Gasteiger partial charge on any atom is -0.339 e. The zero-order valence-electron chi connectivity index (χ0n) is 10.7. The predicted octanol–water partition coefficient (Wildman–Crippen LogP) is 4.07. The number of carbonyl (C=O) groups excluding carboxylic acids is 1. The number of likely N-dealkylation sites (tertiary alicyclic amines) is 1. The van der Waals surface area contributed by atoms with Crippen molar-refractivity contribution in [2.24, 2.45) is 5.92 Å². The van der Waals surface area contributed by atoms with E-state index in [-0.39, 0.29) is 15.8 Å². The second kappa shape index (κ2) is 6.23. The number of halogens is 3. The lowest BCUT2D eigenvalue weighted by molar-refractivity contribution is 0.0688. The zero-order chi connectivity index (χ0) is 14.0. The summed E-state index contributed by atoms with van der Waals surface area (Å²) in [6.07, 6.45) is 1.81. The Morgan fingerprint density at radius 2 is 2.11 bits per heavy atom. The number of benzene rings is 1. The second-order valence-electron chi connectivity index (χ2n) is 4.91. The number of carbonyl (C=O) groups is 1. The Kier molecular flexibility index (Phi) is 4.85. The van der Waals surface area contributed by atoms with E-state index in [4.69, 9.17) is 11.6 Å². The van der Waals surface area contributed by atoms with Gasteiger partial charge in [0.2, 0.25) is 0 Å². The molecular formula is C14H16BrClFNO. The fourth-order valence-electron chi connectivity index (χ4n) is 2.40. The number of hydrogen-bond acceptors (Lipinski definition) is 1. The highest BCUT2D eigenvalue weighted by Crippen LogP contribution is 2.27. The summed E-state index contributed by atoms with van der Waals surface area (Å²) >= 11 is 9.23. The average Bonchev–Trinajstić information content (AvgIpc) is 2.41. The Morgan fingerprint density at radius 3 is 2.68 bits per heavy atom. The molecule has 104 valence electrons. The summed E-state index contributed by atoms with van der Waals surface area (Å²) in [7, 11) is 0. The SMILES string of the molecule is CC(Cl)C1CCN(C(=O)c2cccc(F)c2Br)CC1. The van der Waals surface area contributed by atoms with Crippen molar-refractivity contribution in [1.29, 1.82) is 0 Å². The van der Waals surface area contributed by atoms with Crippen LogP contribution in [0.3, 0.4) is 0 Å². The topological polar surface area (TPSA) is 20.3 Å². The van der Waals surface area contributed by atoms with E-state index in [0.717, 1.165) is 12.8 Å². The number of piperidine rings is 1. The van der Waals surface area contributed by atoms with Crippen LogP contribution in [0.1, 0.15) is 30.1 Å². The molecule has 1 aliphatic rings. The predicted molar refractivity (Wildman–Crippen MR) is 78.0 cm³/mol. The maximum Gasteiger partial charge on any atom is 0.255 e. The van der Waals surface area contributed by atoms with Crippen molar-refractivity contribution >= 4 is 33.4 Å². The van der Waals surface area contributed by atoms with Crippen molar-refractivity contribution in [3.05, 3.63) is 34.1 Å². The standard InChI is InChI=1S/C14H16BrClFNO/c1-9(16)10-5-7-18(8-6-10)14(19)11-3-2-4-12(17)13(11)15/h2-4,9-10H,5-8H2,1H3. The Balaban J connectivity index is 2.07. The molecule has 19 heavy (non-hydrogen) atoms. The number of nitrogens with zero attached hydrogens (tertiary/aromatic N) is 1. The van der Waals surface area contributed by atoms with Crippen LogP contribution >= 0.6 is 27.5 Å². The van der Waals surface area contributed by atoms with Gasteiger partial charge in [-0.1, -0.05) is 6.07 Å². The van der Waals surface area contributed by atoms with E-state index < -0.39 is 5.82 Å². The molecule has 1 aromatic rings. The van der Waals surface area contributed by atoms with Crippen LogP contribution in [0.15, 0.2) is 22.7 Å². The fraction of sp³-hybridized carbons (Fsp3) is 0.500. The molecule has 0 N–H and O–H groups in total. The molecule has 5 heteroatoms. The van der Waals surface area contributed by atoms with Gasteiger partial charge in [-0.15, -0.1) is 11.6 Å². The Morgan fingerprint density at radius 1 is 1.47 bits per heavy atom. The molecule has 0 spiro atoms. The summed E-state index contributed by atoms with van der Waals surface area (Å²) in [5.74, 6) is -0.0659. The van der Waals surface area contributed by atoms with Gasteiger partial charge in [0.15, 0.2) is 0 Å². The molecule has 0 bridgehead atoms. The van der Waals surface area contributed by atoms with Crippen molar-refractivity contribution in [2.45, 2.75) is 25.1 Å². The summed E-state index contributed by atoms with van der Waals surface area (Å²) in [5, 5.41) is 0.137. The van der Waals surface area contributed by atoms with Gasteiger partial charge in [-0.05, 0) is 53.7 Å². The minimum absolute atomic E-state index is 0.118. The van der Waals surface area contributed by atoms with Crippen LogP contribution in [0, 0.1) is 11.7 Å². The molecule has 0 saturated carbocycles. The molecule has 2 nitrogen and oxygen atoms in total. The molecule has 2 rings (SSSR count). The van der Waals surface area contributed by atoms with Gasteiger partial charge in [-0.3, -0.25) is 4.79 Å². The normalized spacial score (nSPS) is 18.4. The molecule has 1 aliphatic heterocycles. The van der Waals surface area contributed by atoms with E-state index in [1.165, 1.54) is 6.07 Å². The van der Waals surface area contributed by atoms with Crippen LogP contribution in [0.5, 0.6) is 0 Å². The summed E-state index contributed by atoms with van der Waals surface area (Å²) in [5.41, 5.74) is 0.386. The molecular weight excluding hydrogens is 333 g/mol. The monoisotopic (exact) mass is 347 g/mol. The van der Waals surface area contributed by atoms with Gasteiger partial charge in [-0.2, -0.15) is 0 Å². The lowest BCUT2D eigenvalue weighted by atomic mass is 9.93. The lowest BCUT2D eigenvalue weighted by Gasteiger charge is -2.33. The Labute approximate surface area is 126 Å². The van der Waals surface area contributed by atoms with Crippen molar-refractivity contribution in [2.75, 3.05) is 13.1 Å². The minimum atomic E-state index is -0.407. The van der Waals surface area contributed by atoms with E-state index in [1.54, 1.807) is 17.0 Å². The highest BCUT2D eigenvalue weighted by atomic mass is 79.9. The highest BCUT2D eigenvalue weighted by Gasteiger charge is 2.27. The molecule has 0 aliphatic carbocycles. The maximum atomic E-state index is 13.4. The van der Waals surface area contributed by atoms with Crippen LogP contribution in [0.4, 0.5) is 4.39 Å². The molecule has 1 unspecified atom stereocenters. The fourth-order valence-corrected chi connectivity index (χ4v) is 3.09. The zero-order valence-corrected chi connectivity index (χ0v) is 13.0. The van der Waals surface area contributed by atoms with Gasteiger partial charge in [0, 0.05) is 18.5 Å². The van der Waals surface area contributed by atoms with E-state index in [9.17, 15) is 9.18 Å². The quantitative estimate of drug-likeness (QED) is 0.738. The first kappa shape index (κ1) is 14.8. The van der Waals surface area contributed by atoms with Crippen LogP contribution < -0.4 is 0 Å². The van der Waals surface area contributed by atoms with Gasteiger partial charge in [0.05, 0.1) is 10.0 Å². The van der Waals surface area contributed by atoms with Crippen molar-refractivity contribution in [1.82, 2.24) is 4.90 Å². The summed E-state index contributed by atoms with van der Waals surface area (Å²) < 4.78 is 13.7. The van der Waals surface area contributed by atoms with Gasteiger partial charge >= 0.3 is 0 Å². The van der Waals surface area contributed by atoms with E-state index in [2.05, 4.69) is 15.9 Å². The lowest BCUT2D eigenvalue weighted by Crippen LogP contribution is -2.40. The van der Waals surface area contributed by atoms with Gasteiger partial charge in [-0.25, -0.2) is 4.39 Å². The molecule has 1 aromatic carbocycles. The summed E-state index contributed by atoms with van der Waals surface area (Å²) in [4.78, 5) is 14.1. The number of rotatable bonds is 2. The smallest absolute Gasteiger partial charge is 0.255 e. The number of alkyl halides is 1. The molecule has 1 heterocycles. The van der Waals surface area contributed by atoms with Crippen LogP contribution in [-0.4, -0.2) is 29.3 Å². The molecule has 1 amide bonds. The Hall–Kier alpha value is -0.610. The first-order valence-electron chi connectivity index (χ1n) is 6.38. The van der Waals surface area contributed by atoms with Gasteiger partial charge in [0.25, 0.3) is 5.91 Å². The molecule has 1 fully saturated rings.